The standard InChI is InChI=1S/C35H41NO4/c1-28(25-30-17-19-33(20-18-30)40-24-23-39-22-21-29-11-5-2-6-12-29)36(26-34(37)31-13-7-3-8-14-31)27-35(38)32-15-9-4-10-16-32/h2-20,28,34-35,37-38H,21-27H2,1H3/t28-,34+,35+/m1/s1. The van der Waals surface area contributed by atoms with Crippen LogP contribution >= 0.6 is 0 Å². The van der Waals surface area contributed by atoms with Gasteiger partial charge in [-0.05, 0) is 54.2 Å². The van der Waals surface area contributed by atoms with Crippen molar-refractivity contribution in [3.8, 4) is 5.75 Å². The van der Waals surface area contributed by atoms with Gasteiger partial charge in [-0.3, -0.25) is 4.90 Å². The molecule has 0 aromatic heterocycles. The van der Waals surface area contributed by atoms with Gasteiger partial charge in [0.2, 0.25) is 0 Å². The van der Waals surface area contributed by atoms with Crippen molar-refractivity contribution in [3.63, 3.8) is 0 Å². The molecule has 3 atom stereocenters. The van der Waals surface area contributed by atoms with E-state index in [-0.39, 0.29) is 6.04 Å². The van der Waals surface area contributed by atoms with E-state index in [1.54, 1.807) is 0 Å². The van der Waals surface area contributed by atoms with Crippen molar-refractivity contribution in [3.05, 3.63) is 138 Å². The number of hydrogen-bond acceptors (Lipinski definition) is 5. The van der Waals surface area contributed by atoms with Gasteiger partial charge < -0.3 is 19.7 Å². The van der Waals surface area contributed by atoms with Crippen LogP contribution in [0, 0.1) is 0 Å². The van der Waals surface area contributed by atoms with Gasteiger partial charge in [-0.15, -0.1) is 0 Å². The molecule has 210 valence electrons. The van der Waals surface area contributed by atoms with Crippen LogP contribution in [0.4, 0.5) is 0 Å². The Labute approximate surface area is 238 Å². The van der Waals surface area contributed by atoms with Crippen molar-refractivity contribution in [1.29, 1.82) is 0 Å². The van der Waals surface area contributed by atoms with Crippen LogP contribution in [0.5, 0.6) is 5.75 Å². The number of aliphatic hydroxyl groups excluding tert-OH is 2. The third kappa shape index (κ3) is 9.61. The van der Waals surface area contributed by atoms with Gasteiger partial charge in [-0.25, -0.2) is 0 Å². The number of hydrogen-bond donors (Lipinski definition) is 2. The highest BCUT2D eigenvalue weighted by molar-refractivity contribution is 5.28. The predicted molar refractivity (Wildman–Crippen MR) is 160 cm³/mol. The first kappa shape index (κ1) is 29.5. The maximum atomic E-state index is 11.0. The van der Waals surface area contributed by atoms with Crippen LogP contribution in [-0.2, 0) is 17.6 Å². The van der Waals surface area contributed by atoms with Crippen LogP contribution in [0.3, 0.4) is 0 Å². The lowest BCUT2D eigenvalue weighted by Gasteiger charge is -2.33. The quantitative estimate of drug-likeness (QED) is 0.170. The average Bonchev–Trinajstić information content (AvgIpc) is 3.00. The number of benzene rings is 4. The molecule has 0 saturated carbocycles. The molecule has 40 heavy (non-hydrogen) atoms. The lowest BCUT2D eigenvalue weighted by Crippen LogP contribution is -2.40. The van der Waals surface area contributed by atoms with Gasteiger partial charge >= 0.3 is 0 Å². The van der Waals surface area contributed by atoms with Crippen LogP contribution < -0.4 is 4.74 Å². The van der Waals surface area contributed by atoms with E-state index in [9.17, 15) is 10.2 Å². The second kappa shape index (κ2) is 15.9. The summed E-state index contributed by atoms with van der Waals surface area (Å²) in [6.07, 6.45) is 0.399. The molecule has 0 heterocycles. The highest BCUT2D eigenvalue weighted by Crippen LogP contribution is 2.22. The van der Waals surface area contributed by atoms with Gasteiger partial charge in [-0.1, -0.05) is 103 Å². The van der Waals surface area contributed by atoms with E-state index < -0.39 is 12.2 Å². The van der Waals surface area contributed by atoms with Crippen LogP contribution in [0.1, 0.15) is 41.4 Å². The van der Waals surface area contributed by atoms with Gasteiger partial charge in [0.05, 0.1) is 25.4 Å². The molecule has 0 fully saturated rings. The Bertz CT molecular complexity index is 1170. The molecular weight excluding hydrogens is 498 g/mol. The largest absolute Gasteiger partial charge is 0.491 e. The highest BCUT2D eigenvalue weighted by Gasteiger charge is 2.22. The zero-order valence-electron chi connectivity index (χ0n) is 23.3. The minimum atomic E-state index is -0.641. The minimum absolute atomic E-state index is 0.0986. The molecule has 5 heteroatoms. The normalized spacial score (nSPS) is 13.6. The summed E-state index contributed by atoms with van der Waals surface area (Å²) < 4.78 is 11.6. The first-order valence-electron chi connectivity index (χ1n) is 14.1. The molecule has 4 rings (SSSR count). The summed E-state index contributed by atoms with van der Waals surface area (Å²) >= 11 is 0. The van der Waals surface area contributed by atoms with Crippen molar-refractivity contribution < 1.29 is 19.7 Å². The maximum absolute atomic E-state index is 11.0. The summed E-state index contributed by atoms with van der Waals surface area (Å²) in [6, 6.07) is 38.0. The number of rotatable bonds is 16. The molecule has 0 saturated heterocycles. The smallest absolute Gasteiger partial charge is 0.119 e. The van der Waals surface area contributed by atoms with Crippen molar-refractivity contribution >= 4 is 0 Å². The van der Waals surface area contributed by atoms with E-state index in [1.807, 2.05) is 91.0 Å². The second-order valence-electron chi connectivity index (χ2n) is 10.2. The molecule has 0 radical (unpaired) electrons. The van der Waals surface area contributed by atoms with E-state index in [1.165, 1.54) is 11.1 Å². The van der Waals surface area contributed by atoms with Crippen molar-refractivity contribution in [2.75, 3.05) is 32.9 Å². The Hall–Kier alpha value is -3.48. The average molecular weight is 540 g/mol. The fourth-order valence-electron chi connectivity index (χ4n) is 4.79. The van der Waals surface area contributed by atoms with Crippen molar-refractivity contribution in [2.24, 2.45) is 0 Å². The van der Waals surface area contributed by atoms with Gasteiger partial charge in [0.1, 0.15) is 12.4 Å². The number of ether oxygens (including phenoxy) is 2. The van der Waals surface area contributed by atoms with Gasteiger partial charge in [-0.2, -0.15) is 0 Å². The lowest BCUT2D eigenvalue weighted by atomic mass is 10.0. The van der Waals surface area contributed by atoms with E-state index in [0.29, 0.717) is 32.9 Å². The summed E-state index contributed by atoms with van der Waals surface area (Å²) in [4.78, 5) is 2.17. The second-order valence-corrected chi connectivity index (χ2v) is 10.2. The SMILES string of the molecule is C[C@H](Cc1ccc(OCCOCCc2ccccc2)cc1)N(C[C@H](O)c1ccccc1)C[C@H](O)c1ccccc1. The zero-order chi connectivity index (χ0) is 28.0. The van der Waals surface area contributed by atoms with Crippen molar-refractivity contribution in [1.82, 2.24) is 4.90 Å². The van der Waals surface area contributed by atoms with Gasteiger partial charge in [0, 0.05) is 19.1 Å². The molecule has 0 amide bonds. The summed E-state index contributed by atoms with van der Waals surface area (Å²) in [5.41, 5.74) is 4.20. The predicted octanol–water partition coefficient (Wildman–Crippen LogP) is 6.02. The Morgan fingerprint density at radius 3 is 1.68 bits per heavy atom. The first-order valence-corrected chi connectivity index (χ1v) is 14.1. The van der Waals surface area contributed by atoms with Crippen LogP contribution in [0.15, 0.2) is 115 Å². The van der Waals surface area contributed by atoms with Crippen molar-refractivity contribution in [2.45, 2.75) is 38.0 Å². The minimum Gasteiger partial charge on any atom is -0.491 e. The zero-order valence-corrected chi connectivity index (χ0v) is 23.3. The molecule has 4 aromatic carbocycles. The van der Waals surface area contributed by atoms with Crippen LogP contribution in [-0.4, -0.2) is 54.1 Å². The summed E-state index contributed by atoms with van der Waals surface area (Å²) in [7, 11) is 0. The van der Waals surface area contributed by atoms with E-state index in [2.05, 4.69) is 36.1 Å². The molecule has 0 aliphatic rings. The van der Waals surface area contributed by atoms with Gasteiger partial charge in [0.25, 0.3) is 0 Å². The maximum Gasteiger partial charge on any atom is 0.119 e. The Morgan fingerprint density at radius 1 is 0.600 bits per heavy atom. The number of nitrogens with zero attached hydrogens (tertiary/aromatic N) is 1. The fraction of sp³-hybridized carbons (Fsp3) is 0.314. The molecular formula is C35H41NO4. The topological polar surface area (TPSA) is 62.2 Å². The Balaban J connectivity index is 1.28. The summed E-state index contributed by atoms with van der Waals surface area (Å²) in [5, 5.41) is 21.9. The lowest BCUT2D eigenvalue weighted by molar-refractivity contribution is 0.0480. The molecule has 4 aromatic rings. The Morgan fingerprint density at radius 2 is 1.12 bits per heavy atom. The third-order valence-electron chi connectivity index (χ3n) is 7.14. The van der Waals surface area contributed by atoms with E-state index >= 15 is 0 Å². The molecule has 0 aliphatic heterocycles. The molecule has 0 bridgehead atoms. The van der Waals surface area contributed by atoms with Gasteiger partial charge in [0.15, 0.2) is 0 Å². The monoisotopic (exact) mass is 539 g/mol. The summed E-state index contributed by atoms with van der Waals surface area (Å²) in [6.45, 7) is 4.74. The Kier molecular flexibility index (Phi) is 11.8. The van der Waals surface area contributed by atoms with Crippen LogP contribution in [0.25, 0.3) is 0 Å². The first-order chi connectivity index (χ1) is 19.6. The molecule has 0 aliphatic carbocycles. The molecule has 2 N–H and O–H groups in total. The van der Waals surface area contributed by atoms with E-state index in [0.717, 1.165) is 29.7 Å². The highest BCUT2D eigenvalue weighted by atomic mass is 16.5. The molecule has 0 unspecified atom stereocenters. The van der Waals surface area contributed by atoms with Crippen LogP contribution in [0.2, 0.25) is 0 Å². The summed E-state index contributed by atoms with van der Waals surface area (Å²) in [5.74, 6) is 0.818. The number of aliphatic hydroxyl groups is 2. The third-order valence-corrected chi connectivity index (χ3v) is 7.14. The fourth-order valence-corrected chi connectivity index (χ4v) is 4.79. The molecule has 0 spiro atoms. The molecule has 5 nitrogen and oxygen atoms in total. The van der Waals surface area contributed by atoms with E-state index in [4.69, 9.17) is 9.47 Å².